The van der Waals surface area contributed by atoms with Crippen molar-refractivity contribution < 1.29 is 22.6 Å². The highest BCUT2D eigenvalue weighted by atomic mass is 32.2. The molecule has 4 rings (SSSR count). The Bertz CT molecular complexity index is 690. The largest absolute Gasteiger partial charge is 0.486 e. The highest BCUT2D eigenvalue weighted by Crippen LogP contribution is 2.36. The summed E-state index contributed by atoms with van der Waals surface area (Å²) in [6.45, 7) is 3.31. The first-order valence-electron chi connectivity index (χ1n) is 8.06. The quantitative estimate of drug-likeness (QED) is 0.796. The van der Waals surface area contributed by atoms with E-state index in [1.807, 2.05) is 18.2 Å². The molecule has 6 nitrogen and oxygen atoms in total. The fourth-order valence-corrected chi connectivity index (χ4v) is 5.58. The molecule has 2 saturated heterocycles. The van der Waals surface area contributed by atoms with Gasteiger partial charge in [0, 0.05) is 31.3 Å². The van der Waals surface area contributed by atoms with Crippen molar-refractivity contribution in [2.24, 2.45) is 0 Å². The summed E-state index contributed by atoms with van der Waals surface area (Å²) < 4.78 is 41.4. The van der Waals surface area contributed by atoms with E-state index in [2.05, 4.69) is 4.90 Å². The number of rotatable bonds is 2. The summed E-state index contributed by atoms with van der Waals surface area (Å²) in [4.78, 5) is 2.27. The van der Waals surface area contributed by atoms with E-state index in [1.54, 1.807) is 0 Å². The first kappa shape index (κ1) is 15.2. The maximum Gasteiger partial charge on any atom is 0.165 e. The molecule has 3 aliphatic rings. The van der Waals surface area contributed by atoms with Crippen LogP contribution in [0.2, 0.25) is 0 Å². The Morgan fingerprint density at radius 3 is 2.96 bits per heavy atom. The minimum atomic E-state index is -3.05. The average molecular weight is 339 g/mol. The summed E-state index contributed by atoms with van der Waals surface area (Å²) in [5.74, 6) is 1.78. The molecule has 1 aromatic rings. The van der Waals surface area contributed by atoms with Gasteiger partial charge >= 0.3 is 0 Å². The van der Waals surface area contributed by atoms with Crippen molar-refractivity contribution in [2.75, 3.05) is 38.7 Å². The molecule has 0 spiro atoms. The standard InChI is InChI=1S/C16H21NO5S/c18-23(19)9-5-17(13-4-6-20-11-15(13)23)10-12-2-1-3-14-16(12)22-8-7-21-14/h1-3,13,15H,4-11H2/t13-,15-/m0/s1. The number of sulfone groups is 1. The van der Waals surface area contributed by atoms with Crippen molar-refractivity contribution in [1.82, 2.24) is 4.90 Å². The number of para-hydroxylation sites is 1. The molecule has 0 bridgehead atoms. The zero-order chi connectivity index (χ0) is 15.9. The first-order valence-corrected chi connectivity index (χ1v) is 9.77. The van der Waals surface area contributed by atoms with Crippen molar-refractivity contribution in [3.63, 3.8) is 0 Å². The molecule has 0 radical (unpaired) electrons. The second-order valence-corrected chi connectivity index (χ2v) is 8.59. The van der Waals surface area contributed by atoms with Crippen LogP contribution in [0.1, 0.15) is 12.0 Å². The monoisotopic (exact) mass is 339 g/mol. The maximum absolute atomic E-state index is 12.3. The molecule has 2 atom stereocenters. The maximum atomic E-state index is 12.3. The molecule has 7 heteroatoms. The van der Waals surface area contributed by atoms with E-state index in [1.165, 1.54) is 0 Å². The first-order chi connectivity index (χ1) is 11.1. The number of nitrogens with zero attached hydrogens (tertiary/aromatic N) is 1. The minimum Gasteiger partial charge on any atom is -0.486 e. The summed E-state index contributed by atoms with van der Waals surface area (Å²) in [5, 5.41) is -0.401. The van der Waals surface area contributed by atoms with Gasteiger partial charge in [-0.15, -0.1) is 0 Å². The third-order valence-electron chi connectivity index (χ3n) is 4.88. The Morgan fingerprint density at radius 1 is 1.17 bits per heavy atom. The van der Waals surface area contributed by atoms with Crippen LogP contribution in [0, 0.1) is 0 Å². The van der Waals surface area contributed by atoms with Crippen LogP contribution >= 0.6 is 0 Å². The molecule has 3 heterocycles. The van der Waals surface area contributed by atoms with Gasteiger partial charge in [-0.2, -0.15) is 0 Å². The third-order valence-corrected chi connectivity index (χ3v) is 7.01. The highest BCUT2D eigenvalue weighted by molar-refractivity contribution is 7.92. The molecule has 3 aliphatic heterocycles. The second kappa shape index (κ2) is 5.96. The lowest BCUT2D eigenvalue weighted by molar-refractivity contribution is 0.0308. The number of benzene rings is 1. The van der Waals surface area contributed by atoms with Gasteiger partial charge in [0.05, 0.1) is 12.4 Å². The molecule has 0 N–H and O–H groups in total. The van der Waals surface area contributed by atoms with Crippen LogP contribution in [-0.4, -0.2) is 63.3 Å². The average Bonchev–Trinajstić information content (AvgIpc) is 2.58. The minimum absolute atomic E-state index is 0.0304. The number of hydrogen-bond acceptors (Lipinski definition) is 6. The van der Waals surface area contributed by atoms with Crippen LogP contribution in [0.3, 0.4) is 0 Å². The van der Waals surface area contributed by atoms with Gasteiger partial charge < -0.3 is 14.2 Å². The Labute approximate surface area is 136 Å². The van der Waals surface area contributed by atoms with Gasteiger partial charge in [-0.3, -0.25) is 4.90 Å². The smallest absolute Gasteiger partial charge is 0.165 e. The molecule has 0 aliphatic carbocycles. The van der Waals surface area contributed by atoms with Crippen LogP contribution in [0.15, 0.2) is 18.2 Å². The fraction of sp³-hybridized carbons (Fsp3) is 0.625. The normalized spacial score (nSPS) is 29.7. The summed E-state index contributed by atoms with van der Waals surface area (Å²) >= 11 is 0. The molecule has 1 aromatic carbocycles. The van der Waals surface area contributed by atoms with Crippen molar-refractivity contribution >= 4 is 9.84 Å². The molecule has 0 amide bonds. The van der Waals surface area contributed by atoms with Crippen LogP contribution in [0.4, 0.5) is 0 Å². The lowest BCUT2D eigenvalue weighted by atomic mass is 10.0. The van der Waals surface area contributed by atoms with Gasteiger partial charge in [0.25, 0.3) is 0 Å². The van der Waals surface area contributed by atoms with Gasteiger partial charge in [-0.1, -0.05) is 12.1 Å². The lowest BCUT2D eigenvalue weighted by Crippen LogP contribution is -2.58. The molecular weight excluding hydrogens is 318 g/mol. The highest BCUT2D eigenvalue weighted by Gasteiger charge is 2.43. The molecule has 0 aromatic heterocycles. The summed E-state index contributed by atoms with van der Waals surface area (Å²) in [5.41, 5.74) is 1.06. The van der Waals surface area contributed by atoms with Crippen molar-refractivity contribution in [2.45, 2.75) is 24.3 Å². The van der Waals surface area contributed by atoms with E-state index in [0.717, 1.165) is 23.5 Å². The van der Waals surface area contributed by atoms with E-state index in [4.69, 9.17) is 14.2 Å². The Morgan fingerprint density at radius 2 is 2.04 bits per heavy atom. The van der Waals surface area contributed by atoms with E-state index in [9.17, 15) is 8.42 Å². The molecule has 0 unspecified atom stereocenters. The Kier molecular flexibility index (Phi) is 3.95. The molecular formula is C16H21NO5S. The van der Waals surface area contributed by atoms with Crippen LogP contribution in [-0.2, 0) is 21.1 Å². The molecule has 126 valence electrons. The molecule has 23 heavy (non-hydrogen) atoms. The number of ether oxygens (including phenoxy) is 3. The van der Waals surface area contributed by atoms with E-state index in [0.29, 0.717) is 39.5 Å². The van der Waals surface area contributed by atoms with Crippen molar-refractivity contribution in [3.05, 3.63) is 23.8 Å². The number of hydrogen-bond donors (Lipinski definition) is 0. The van der Waals surface area contributed by atoms with Crippen LogP contribution < -0.4 is 9.47 Å². The molecule has 2 fully saturated rings. The van der Waals surface area contributed by atoms with Crippen LogP contribution in [0.5, 0.6) is 11.5 Å². The van der Waals surface area contributed by atoms with Gasteiger partial charge in [-0.25, -0.2) is 8.42 Å². The molecule has 0 saturated carbocycles. The van der Waals surface area contributed by atoms with Crippen molar-refractivity contribution in [3.8, 4) is 11.5 Å². The van der Waals surface area contributed by atoms with Gasteiger partial charge in [0.15, 0.2) is 21.3 Å². The van der Waals surface area contributed by atoms with Gasteiger partial charge in [-0.05, 0) is 12.5 Å². The zero-order valence-corrected chi connectivity index (χ0v) is 13.8. The third kappa shape index (κ3) is 2.81. The Hall–Kier alpha value is -1.31. The summed E-state index contributed by atoms with van der Waals surface area (Å²) in [6, 6.07) is 5.94. The topological polar surface area (TPSA) is 65.1 Å². The van der Waals surface area contributed by atoms with E-state index >= 15 is 0 Å². The van der Waals surface area contributed by atoms with Crippen LogP contribution in [0.25, 0.3) is 0 Å². The summed E-state index contributed by atoms with van der Waals surface area (Å²) in [6.07, 6.45) is 0.760. The summed E-state index contributed by atoms with van der Waals surface area (Å²) in [7, 11) is -3.05. The SMILES string of the molecule is O=S1(=O)CCN(Cc2cccc3c2OCCO3)[C@H]2CCOC[C@@H]21. The predicted octanol–water partition coefficient (Wildman–Crippen LogP) is 0.846. The predicted molar refractivity (Wildman–Crippen MR) is 84.6 cm³/mol. The Balaban J connectivity index is 1.59. The lowest BCUT2D eigenvalue weighted by Gasteiger charge is -2.43. The second-order valence-electron chi connectivity index (χ2n) is 6.25. The fourth-order valence-electron chi connectivity index (χ4n) is 3.70. The van der Waals surface area contributed by atoms with Gasteiger partial charge in [0.2, 0.25) is 0 Å². The van der Waals surface area contributed by atoms with Crippen molar-refractivity contribution in [1.29, 1.82) is 0 Å². The number of fused-ring (bicyclic) bond motifs is 2. The van der Waals surface area contributed by atoms with E-state index in [-0.39, 0.29) is 11.8 Å². The zero-order valence-electron chi connectivity index (χ0n) is 12.9. The van der Waals surface area contributed by atoms with E-state index < -0.39 is 15.1 Å². The van der Waals surface area contributed by atoms with Gasteiger partial charge in [0.1, 0.15) is 18.5 Å².